The number of Topliss-reactive ketones (excluding diaryl/α,β-unsaturated/α-hetero) is 1. The Morgan fingerprint density at radius 3 is 2.41 bits per heavy atom. The van der Waals surface area contributed by atoms with E-state index in [2.05, 4.69) is 32.0 Å². The quantitative estimate of drug-likeness (QED) is 0.414. The monoisotopic (exact) mass is 465 g/mol. The number of carbonyl (C=O) groups excluding carboxylic acids is 1. The van der Waals surface area contributed by atoms with Crippen LogP contribution in [0.2, 0.25) is 0 Å². The Bertz CT molecular complexity index is 1050. The van der Waals surface area contributed by atoms with Gasteiger partial charge in [0.25, 0.3) is 0 Å². The first-order valence-electron chi connectivity index (χ1n) is 12.8. The Morgan fingerprint density at radius 1 is 1.12 bits per heavy atom. The number of aryl methyl sites for hydroxylation is 2. The molecule has 2 fully saturated rings. The van der Waals surface area contributed by atoms with E-state index in [9.17, 15) is 14.7 Å². The molecule has 1 aromatic carbocycles. The smallest absolute Gasteiger partial charge is 0.304 e. The molecule has 2 aromatic rings. The first kappa shape index (κ1) is 24.7. The van der Waals surface area contributed by atoms with Gasteiger partial charge in [-0.2, -0.15) is 0 Å². The minimum atomic E-state index is -0.899. The van der Waals surface area contributed by atoms with E-state index in [1.807, 2.05) is 26.0 Å². The molecule has 0 saturated heterocycles. The van der Waals surface area contributed by atoms with Crippen molar-refractivity contribution in [3.05, 3.63) is 51.9 Å². The third-order valence-corrected chi connectivity index (χ3v) is 7.44. The van der Waals surface area contributed by atoms with Crippen molar-refractivity contribution in [2.45, 2.75) is 104 Å². The van der Waals surface area contributed by atoms with Gasteiger partial charge >= 0.3 is 5.97 Å². The number of aliphatic carboxylic acids is 1. The normalized spacial score (nSPS) is 21.2. The fourth-order valence-corrected chi connectivity index (χ4v) is 5.76. The molecular weight excluding hydrogens is 426 g/mol. The predicted octanol–water partition coefficient (Wildman–Crippen LogP) is 6.86. The van der Waals surface area contributed by atoms with Crippen LogP contribution >= 0.6 is 0 Å². The van der Waals surface area contributed by atoms with Crippen LogP contribution in [0.4, 0.5) is 0 Å². The molecule has 2 saturated carbocycles. The fraction of sp³-hybridized carbons (Fsp3) is 0.621. The predicted molar refractivity (Wildman–Crippen MR) is 132 cm³/mol. The first-order chi connectivity index (χ1) is 16.0. The summed E-state index contributed by atoms with van der Waals surface area (Å²) in [7, 11) is 0. The highest BCUT2D eigenvalue weighted by molar-refractivity contribution is 5.83. The minimum Gasteiger partial charge on any atom is -0.481 e. The number of carboxylic acids is 1. The summed E-state index contributed by atoms with van der Waals surface area (Å²) in [5, 5.41) is 14.0. The molecule has 2 aliphatic rings. The summed E-state index contributed by atoms with van der Waals surface area (Å²) in [4.78, 5) is 24.8. The van der Waals surface area contributed by atoms with Crippen LogP contribution in [-0.4, -0.2) is 22.0 Å². The molecule has 0 bridgehead atoms. The Balaban J connectivity index is 1.51. The van der Waals surface area contributed by atoms with Crippen LogP contribution in [0.3, 0.4) is 0 Å². The Hall–Kier alpha value is -2.43. The van der Waals surface area contributed by atoms with Crippen molar-refractivity contribution in [2.24, 2.45) is 11.3 Å². The van der Waals surface area contributed by atoms with E-state index >= 15 is 0 Å². The number of nitrogens with zero attached hydrogens (tertiary/aromatic N) is 1. The second-order valence-corrected chi connectivity index (χ2v) is 12.1. The lowest BCUT2D eigenvalue weighted by molar-refractivity contribution is -0.137. The summed E-state index contributed by atoms with van der Waals surface area (Å²) in [5.41, 5.74) is 5.46. The summed E-state index contributed by atoms with van der Waals surface area (Å²) in [6.07, 6.45) is 6.03. The lowest BCUT2D eigenvalue weighted by Gasteiger charge is -2.38. The van der Waals surface area contributed by atoms with E-state index in [-0.39, 0.29) is 18.6 Å². The Labute approximate surface area is 203 Å². The molecule has 2 aliphatic carbocycles. The highest BCUT2D eigenvalue weighted by Crippen LogP contribution is 2.53. The molecule has 0 radical (unpaired) electrons. The maximum atomic E-state index is 13.0. The molecule has 4 rings (SSSR count). The van der Waals surface area contributed by atoms with Crippen LogP contribution < -0.4 is 0 Å². The van der Waals surface area contributed by atoms with Crippen molar-refractivity contribution in [2.75, 3.05) is 0 Å². The highest BCUT2D eigenvalue weighted by atomic mass is 16.5. The Kier molecular flexibility index (Phi) is 7.02. The molecule has 1 N–H and O–H groups in total. The standard InChI is InChI=1S/C29H39NO4/c1-17-6-7-21(18(2)10-17)13-24(31)14-22(15-25(32)33)27-26(20-8-9-20)28(34-30-27)23-11-19(12-23)16-29(3,4)5/h6-7,10,19-20,22-23H,8-9,11-16H2,1-5H3,(H,32,33)/t19?,22-,23?/m1/s1. The fourth-order valence-electron chi connectivity index (χ4n) is 5.76. The van der Waals surface area contributed by atoms with Gasteiger partial charge in [-0.25, -0.2) is 0 Å². The van der Waals surface area contributed by atoms with Crippen LogP contribution in [0.1, 0.15) is 117 Å². The lowest BCUT2D eigenvalue weighted by atomic mass is 9.66. The van der Waals surface area contributed by atoms with Crippen molar-refractivity contribution in [3.63, 3.8) is 0 Å². The zero-order valence-corrected chi connectivity index (χ0v) is 21.3. The molecule has 0 spiro atoms. The number of carboxylic acid groups (broad SMARTS) is 1. The molecule has 5 nitrogen and oxygen atoms in total. The van der Waals surface area contributed by atoms with Crippen LogP contribution in [-0.2, 0) is 16.0 Å². The third-order valence-electron chi connectivity index (χ3n) is 7.44. The van der Waals surface area contributed by atoms with E-state index in [0.717, 1.165) is 53.8 Å². The lowest BCUT2D eigenvalue weighted by Crippen LogP contribution is -2.26. The topological polar surface area (TPSA) is 80.4 Å². The number of ketones is 1. The van der Waals surface area contributed by atoms with Gasteiger partial charge in [0, 0.05) is 30.2 Å². The van der Waals surface area contributed by atoms with Gasteiger partial charge in [-0.05, 0) is 74.3 Å². The van der Waals surface area contributed by atoms with Gasteiger partial charge in [0.2, 0.25) is 0 Å². The van der Waals surface area contributed by atoms with Crippen molar-refractivity contribution in [3.8, 4) is 0 Å². The molecule has 1 aromatic heterocycles. The molecule has 1 heterocycles. The summed E-state index contributed by atoms with van der Waals surface area (Å²) < 4.78 is 5.92. The van der Waals surface area contributed by atoms with Crippen LogP contribution in [0.15, 0.2) is 22.7 Å². The van der Waals surface area contributed by atoms with Gasteiger partial charge in [0.15, 0.2) is 0 Å². The first-order valence-corrected chi connectivity index (χ1v) is 12.8. The van der Waals surface area contributed by atoms with Crippen LogP contribution in [0.25, 0.3) is 0 Å². The SMILES string of the molecule is Cc1ccc(CC(=O)C[C@H](CC(=O)O)c2noc(C3CC(CC(C)(C)C)C3)c2C2CC2)c(C)c1. The van der Waals surface area contributed by atoms with E-state index in [4.69, 9.17) is 4.52 Å². The summed E-state index contributed by atoms with van der Waals surface area (Å²) in [6.45, 7) is 10.9. The summed E-state index contributed by atoms with van der Waals surface area (Å²) in [6, 6.07) is 6.10. The van der Waals surface area contributed by atoms with Gasteiger partial charge < -0.3 is 9.63 Å². The van der Waals surface area contributed by atoms with E-state index in [1.165, 1.54) is 12.0 Å². The molecule has 5 heteroatoms. The number of rotatable bonds is 10. The second kappa shape index (κ2) is 9.67. The minimum absolute atomic E-state index is 0.0541. The molecule has 0 aliphatic heterocycles. The van der Waals surface area contributed by atoms with Gasteiger partial charge in [0.1, 0.15) is 11.5 Å². The Morgan fingerprint density at radius 2 is 1.82 bits per heavy atom. The van der Waals surface area contributed by atoms with Crippen molar-refractivity contribution in [1.29, 1.82) is 0 Å². The van der Waals surface area contributed by atoms with Gasteiger partial charge in [-0.3, -0.25) is 9.59 Å². The maximum absolute atomic E-state index is 13.0. The molecule has 34 heavy (non-hydrogen) atoms. The van der Waals surface area contributed by atoms with Crippen molar-refractivity contribution >= 4 is 11.8 Å². The number of hydrogen-bond donors (Lipinski definition) is 1. The van der Waals surface area contributed by atoms with E-state index < -0.39 is 11.9 Å². The average Bonchev–Trinajstić information content (AvgIpc) is 3.43. The largest absolute Gasteiger partial charge is 0.481 e. The molecule has 0 unspecified atom stereocenters. The zero-order valence-electron chi connectivity index (χ0n) is 21.3. The van der Waals surface area contributed by atoms with Crippen molar-refractivity contribution in [1.82, 2.24) is 5.16 Å². The van der Waals surface area contributed by atoms with Gasteiger partial charge in [-0.1, -0.05) is 49.7 Å². The average molecular weight is 466 g/mol. The summed E-state index contributed by atoms with van der Waals surface area (Å²) in [5.74, 6) is 1.18. The summed E-state index contributed by atoms with van der Waals surface area (Å²) >= 11 is 0. The molecular formula is C29H39NO4. The third kappa shape index (κ3) is 5.97. The molecule has 184 valence electrons. The number of hydrogen-bond acceptors (Lipinski definition) is 4. The van der Waals surface area contributed by atoms with Gasteiger partial charge in [0.05, 0.1) is 12.1 Å². The van der Waals surface area contributed by atoms with E-state index in [1.54, 1.807) is 0 Å². The van der Waals surface area contributed by atoms with Crippen LogP contribution in [0, 0.1) is 25.2 Å². The molecule has 0 amide bonds. The highest BCUT2D eigenvalue weighted by Gasteiger charge is 2.42. The van der Waals surface area contributed by atoms with Gasteiger partial charge in [-0.15, -0.1) is 0 Å². The number of aromatic nitrogens is 1. The zero-order chi connectivity index (χ0) is 24.6. The number of carbonyl (C=O) groups is 2. The number of benzene rings is 1. The maximum Gasteiger partial charge on any atom is 0.304 e. The van der Waals surface area contributed by atoms with E-state index in [0.29, 0.717) is 29.6 Å². The van der Waals surface area contributed by atoms with Crippen molar-refractivity contribution < 1.29 is 19.2 Å². The van der Waals surface area contributed by atoms with Crippen LogP contribution in [0.5, 0.6) is 0 Å². The second-order valence-electron chi connectivity index (χ2n) is 12.1. The molecule has 1 atom stereocenters.